The summed E-state index contributed by atoms with van der Waals surface area (Å²) in [6.45, 7) is 10.3. The van der Waals surface area contributed by atoms with Crippen LogP contribution in [0.1, 0.15) is 50.5 Å². The first-order valence-electron chi connectivity index (χ1n) is 7.93. The summed E-state index contributed by atoms with van der Waals surface area (Å²) >= 11 is 1.88. The molecule has 0 spiro atoms. The summed E-state index contributed by atoms with van der Waals surface area (Å²) in [6.07, 6.45) is 1.18. The summed E-state index contributed by atoms with van der Waals surface area (Å²) in [5, 5.41) is 2.19. The Balaban J connectivity index is 0.00000242. The van der Waals surface area contributed by atoms with E-state index in [1.54, 1.807) is 0 Å². The normalized spacial score (nSPS) is 12.7. The summed E-state index contributed by atoms with van der Waals surface area (Å²) < 4.78 is 0. The maximum atomic E-state index is 2.59. The average Bonchev–Trinajstić information content (AvgIpc) is 2.97. The number of halogens is 1. The number of rotatable bonds is 7. The highest BCUT2D eigenvalue weighted by molar-refractivity contribution is 7.10. The van der Waals surface area contributed by atoms with Gasteiger partial charge in [-0.3, -0.25) is 4.90 Å². The molecule has 0 N–H and O–H groups in total. The van der Waals surface area contributed by atoms with Crippen LogP contribution in [0.15, 0.2) is 47.8 Å². The van der Waals surface area contributed by atoms with Gasteiger partial charge in [-0.1, -0.05) is 36.4 Å². The minimum Gasteiger partial charge on any atom is -0.299 e. The zero-order valence-corrected chi connectivity index (χ0v) is 15.7. The van der Waals surface area contributed by atoms with E-state index in [1.165, 1.54) is 16.9 Å². The molecule has 22 heavy (non-hydrogen) atoms. The molecule has 1 nitrogen and oxygen atoms in total. The van der Waals surface area contributed by atoms with Gasteiger partial charge in [0.25, 0.3) is 0 Å². The molecule has 2 rings (SSSR count). The fourth-order valence-electron chi connectivity index (χ4n) is 3.04. The van der Waals surface area contributed by atoms with Gasteiger partial charge in [0.1, 0.15) is 0 Å². The summed E-state index contributed by atoms with van der Waals surface area (Å²) in [5.41, 5.74) is 1.44. The highest BCUT2D eigenvalue weighted by Gasteiger charge is 2.19. The van der Waals surface area contributed by atoms with Crippen molar-refractivity contribution in [1.29, 1.82) is 0 Å². The topological polar surface area (TPSA) is 3.24 Å². The zero-order chi connectivity index (χ0) is 15.2. The van der Waals surface area contributed by atoms with E-state index in [0.717, 1.165) is 6.54 Å². The number of hydrogen-bond donors (Lipinski definition) is 0. The quantitative estimate of drug-likeness (QED) is 0.616. The Morgan fingerprint density at radius 2 is 1.55 bits per heavy atom. The fraction of sp³-hybridized carbons (Fsp3) is 0.474. The molecule has 0 saturated heterocycles. The Labute approximate surface area is 145 Å². The molecular formula is C19H28ClNS. The SMILES string of the molecule is CC(C)N(CCC(c1ccccc1)c1cccs1)C(C)C.Cl. The zero-order valence-electron chi connectivity index (χ0n) is 14.0. The molecule has 0 bridgehead atoms. The predicted octanol–water partition coefficient (Wildman–Crippen LogP) is 5.81. The first-order valence-corrected chi connectivity index (χ1v) is 8.81. The van der Waals surface area contributed by atoms with Crippen molar-refractivity contribution in [2.24, 2.45) is 0 Å². The lowest BCUT2D eigenvalue weighted by Gasteiger charge is -2.32. The van der Waals surface area contributed by atoms with Gasteiger partial charge in [-0.05, 0) is 57.7 Å². The van der Waals surface area contributed by atoms with Gasteiger partial charge in [0.2, 0.25) is 0 Å². The van der Waals surface area contributed by atoms with Crippen molar-refractivity contribution >= 4 is 23.7 Å². The van der Waals surface area contributed by atoms with Crippen LogP contribution in [0.4, 0.5) is 0 Å². The molecule has 0 fully saturated rings. The van der Waals surface area contributed by atoms with Crippen LogP contribution < -0.4 is 0 Å². The van der Waals surface area contributed by atoms with Crippen molar-refractivity contribution in [3.8, 4) is 0 Å². The maximum absolute atomic E-state index is 2.59. The van der Waals surface area contributed by atoms with E-state index in [0.29, 0.717) is 18.0 Å². The van der Waals surface area contributed by atoms with Gasteiger partial charge >= 0.3 is 0 Å². The van der Waals surface area contributed by atoms with Crippen LogP contribution in [-0.4, -0.2) is 23.5 Å². The molecule has 0 aliphatic carbocycles. The van der Waals surface area contributed by atoms with Crippen LogP contribution in [0.3, 0.4) is 0 Å². The van der Waals surface area contributed by atoms with Crippen LogP contribution in [0.25, 0.3) is 0 Å². The molecule has 2 aromatic rings. The lowest BCUT2D eigenvalue weighted by molar-refractivity contribution is 0.171. The summed E-state index contributed by atoms with van der Waals surface area (Å²) in [4.78, 5) is 4.07. The summed E-state index contributed by atoms with van der Waals surface area (Å²) in [6, 6.07) is 16.6. The molecule has 0 aliphatic rings. The number of benzene rings is 1. The van der Waals surface area contributed by atoms with E-state index in [2.05, 4.69) is 80.4 Å². The van der Waals surface area contributed by atoms with Crippen LogP contribution in [0, 0.1) is 0 Å². The summed E-state index contributed by atoms with van der Waals surface area (Å²) in [5.74, 6) is 0.520. The van der Waals surface area contributed by atoms with Crippen molar-refractivity contribution in [3.05, 3.63) is 58.3 Å². The number of hydrogen-bond acceptors (Lipinski definition) is 2. The van der Waals surface area contributed by atoms with E-state index in [4.69, 9.17) is 0 Å². The molecule has 1 unspecified atom stereocenters. The molecule has 0 radical (unpaired) electrons. The minimum absolute atomic E-state index is 0. The third kappa shape index (κ3) is 5.12. The van der Waals surface area contributed by atoms with Crippen molar-refractivity contribution in [2.45, 2.75) is 52.1 Å². The van der Waals surface area contributed by atoms with Crippen molar-refractivity contribution in [1.82, 2.24) is 4.90 Å². The predicted molar refractivity (Wildman–Crippen MR) is 101 cm³/mol. The molecular weight excluding hydrogens is 310 g/mol. The van der Waals surface area contributed by atoms with Crippen molar-refractivity contribution in [2.75, 3.05) is 6.54 Å². The average molecular weight is 338 g/mol. The second-order valence-electron chi connectivity index (χ2n) is 6.19. The van der Waals surface area contributed by atoms with Gasteiger partial charge in [-0.15, -0.1) is 23.7 Å². The lowest BCUT2D eigenvalue weighted by Crippen LogP contribution is -2.38. The molecule has 122 valence electrons. The summed E-state index contributed by atoms with van der Waals surface area (Å²) in [7, 11) is 0. The molecule has 0 saturated carbocycles. The largest absolute Gasteiger partial charge is 0.299 e. The minimum atomic E-state index is 0. The van der Waals surface area contributed by atoms with Gasteiger partial charge in [-0.2, -0.15) is 0 Å². The van der Waals surface area contributed by atoms with Crippen molar-refractivity contribution in [3.63, 3.8) is 0 Å². The first-order chi connectivity index (χ1) is 10.1. The van der Waals surface area contributed by atoms with Gasteiger partial charge in [-0.25, -0.2) is 0 Å². The molecule has 0 amide bonds. The molecule has 3 heteroatoms. The van der Waals surface area contributed by atoms with E-state index in [9.17, 15) is 0 Å². The van der Waals surface area contributed by atoms with Gasteiger partial charge < -0.3 is 0 Å². The monoisotopic (exact) mass is 337 g/mol. The first kappa shape index (κ1) is 19.2. The number of nitrogens with zero attached hydrogens (tertiary/aromatic N) is 1. The van der Waals surface area contributed by atoms with Crippen molar-refractivity contribution < 1.29 is 0 Å². The Morgan fingerprint density at radius 1 is 0.909 bits per heavy atom. The number of thiophene rings is 1. The molecule has 1 aromatic heterocycles. The van der Waals surface area contributed by atoms with Gasteiger partial charge in [0.15, 0.2) is 0 Å². The smallest absolute Gasteiger partial charge is 0.0196 e. The Kier molecular flexibility index (Phi) is 8.16. The van der Waals surface area contributed by atoms with Gasteiger partial charge in [0.05, 0.1) is 0 Å². The second kappa shape index (κ2) is 9.34. The molecule has 1 atom stereocenters. The van der Waals surface area contributed by atoms with Crippen LogP contribution >= 0.6 is 23.7 Å². The Bertz CT molecular complexity index is 499. The molecule has 1 aromatic carbocycles. The lowest BCUT2D eigenvalue weighted by atomic mass is 9.93. The second-order valence-corrected chi connectivity index (χ2v) is 7.17. The maximum Gasteiger partial charge on any atom is 0.0196 e. The van der Waals surface area contributed by atoms with Crippen LogP contribution in [0.2, 0.25) is 0 Å². The molecule has 1 heterocycles. The van der Waals surface area contributed by atoms with E-state index < -0.39 is 0 Å². The highest BCUT2D eigenvalue weighted by atomic mass is 35.5. The highest BCUT2D eigenvalue weighted by Crippen LogP contribution is 2.31. The molecule has 0 aliphatic heterocycles. The third-order valence-corrected chi connectivity index (χ3v) is 5.08. The van der Waals surface area contributed by atoms with Crippen LogP contribution in [0.5, 0.6) is 0 Å². The Morgan fingerprint density at radius 3 is 2.05 bits per heavy atom. The fourth-order valence-corrected chi connectivity index (χ4v) is 3.93. The van der Waals surface area contributed by atoms with Gasteiger partial charge in [0, 0.05) is 22.9 Å². The Hall–Kier alpha value is -0.830. The standard InChI is InChI=1S/C19H27NS.ClH/c1-15(2)20(16(3)4)13-12-18(19-11-8-14-21-19)17-9-6-5-7-10-17;/h5-11,14-16,18H,12-13H2,1-4H3;1H. The third-order valence-electron chi connectivity index (χ3n) is 4.09. The van der Waals surface area contributed by atoms with E-state index in [-0.39, 0.29) is 12.4 Å². The van der Waals surface area contributed by atoms with E-state index in [1.807, 2.05) is 11.3 Å². The van der Waals surface area contributed by atoms with Crippen LogP contribution in [-0.2, 0) is 0 Å². The van der Waals surface area contributed by atoms with E-state index >= 15 is 0 Å².